The smallest absolute Gasteiger partial charge is 0.286 e. The van der Waals surface area contributed by atoms with Crippen LogP contribution in [0.5, 0.6) is 11.5 Å². The van der Waals surface area contributed by atoms with Crippen LogP contribution in [0, 0.1) is 16.0 Å². The second kappa shape index (κ2) is 10.1. The number of amides is 1. The minimum absolute atomic E-state index is 0. The normalized spacial score (nSPS) is 14.1. The van der Waals surface area contributed by atoms with E-state index >= 15 is 0 Å². The largest absolute Gasteiger partial charge is 0.493 e. The van der Waals surface area contributed by atoms with Gasteiger partial charge in [0, 0.05) is 25.8 Å². The van der Waals surface area contributed by atoms with Gasteiger partial charge in [0.05, 0.1) is 24.7 Å². The van der Waals surface area contributed by atoms with Gasteiger partial charge in [0.15, 0.2) is 11.5 Å². The Labute approximate surface area is 157 Å². The van der Waals surface area contributed by atoms with Crippen molar-refractivity contribution in [2.75, 3.05) is 34.0 Å². The summed E-state index contributed by atoms with van der Waals surface area (Å²) in [6, 6.07) is 2.35. The lowest BCUT2D eigenvalue weighted by molar-refractivity contribution is -0.385. The van der Waals surface area contributed by atoms with Crippen molar-refractivity contribution in [3.8, 4) is 11.5 Å². The zero-order valence-corrected chi connectivity index (χ0v) is 15.5. The van der Waals surface area contributed by atoms with Crippen molar-refractivity contribution in [1.82, 2.24) is 5.32 Å². The monoisotopic (exact) mass is 389 g/mol. The summed E-state index contributed by atoms with van der Waals surface area (Å²) in [5, 5.41) is 14.0. The summed E-state index contributed by atoms with van der Waals surface area (Å²) >= 11 is 0. The van der Waals surface area contributed by atoms with Crippen molar-refractivity contribution in [2.24, 2.45) is 11.7 Å². The molecule has 1 saturated carbocycles. The topological polar surface area (TPSA) is 126 Å². The van der Waals surface area contributed by atoms with Gasteiger partial charge in [-0.25, -0.2) is 0 Å². The number of rotatable bonds is 10. The van der Waals surface area contributed by atoms with Crippen molar-refractivity contribution in [2.45, 2.75) is 18.9 Å². The highest BCUT2D eigenvalue weighted by atomic mass is 35.5. The molecule has 146 valence electrons. The van der Waals surface area contributed by atoms with Crippen LogP contribution in [0.25, 0.3) is 0 Å². The number of hydrogen-bond acceptors (Lipinski definition) is 7. The maximum atomic E-state index is 12.4. The first-order valence-electron chi connectivity index (χ1n) is 7.99. The second-order valence-electron chi connectivity index (χ2n) is 5.83. The third-order valence-electron chi connectivity index (χ3n) is 3.99. The number of methoxy groups -OCH3 is 2. The Hall–Kier alpha value is -2.10. The van der Waals surface area contributed by atoms with Gasteiger partial charge in [-0.05, 0) is 18.8 Å². The molecule has 0 aliphatic heterocycles. The van der Waals surface area contributed by atoms with Crippen LogP contribution in [0.3, 0.4) is 0 Å². The van der Waals surface area contributed by atoms with E-state index in [1.165, 1.54) is 26.4 Å². The summed E-state index contributed by atoms with van der Waals surface area (Å²) in [5.41, 5.74) is 5.50. The Morgan fingerprint density at radius 3 is 2.58 bits per heavy atom. The van der Waals surface area contributed by atoms with Gasteiger partial charge in [0.1, 0.15) is 12.2 Å². The highest BCUT2D eigenvalue weighted by molar-refractivity contribution is 5.99. The molecular formula is C16H24ClN3O6. The molecule has 2 rings (SSSR count). The molecule has 0 radical (unpaired) electrons. The number of hydrogen-bond donors (Lipinski definition) is 2. The van der Waals surface area contributed by atoms with Gasteiger partial charge in [0.2, 0.25) is 0 Å². The number of ether oxygens (including phenoxy) is 3. The minimum Gasteiger partial charge on any atom is -0.493 e. The standard InChI is InChI=1S/C16H23N3O6.ClH/c1-23-5-6-25-15-8-13(19(21)22)11(7-14(15)24-2)16(20)18-9-12(17)10-3-4-10;/h7-8,10,12H,3-6,9,17H2,1-2H3,(H,18,20);1H. The lowest BCUT2D eigenvalue weighted by atomic mass is 10.1. The summed E-state index contributed by atoms with van der Waals surface area (Å²) in [5.74, 6) is 0.266. The van der Waals surface area contributed by atoms with Crippen LogP contribution in [-0.4, -0.2) is 50.9 Å². The number of nitrogens with one attached hydrogen (secondary N) is 1. The minimum atomic E-state index is -0.627. The van der Waals surface area contributed by atoms with E-state index in [0.29, 0.717) is 12.5 Å². The van der Waals surface area contributed by atoms with E-state index in [-0.39, 0.29) is 54.4 Å². The maximum Gasteiger partial charge on any atom is 0.286 e. The fraction of sp³-hybridized carbons (Fsp3) is 0.562. The van der Waals surface area contributed by atoms with Crippen molar-refractivity contribution in [3.63, 3.8) is 0 Å². The fourth-order valence-corrected chi connectivity index (χ4v) is 2.39. The van der Waals surface area contributed by atoms with Crippen LogP contribution in [0.2, 0.25) is 0 Å². The summed E-state index contributed by atoms with van der Waals surface area (Å²) in [4.78, 5) is 23.1. The number of halogens is 1. The molecular weight excluding hydrogens is 366 g/mol. The number of nitro groups is 1. The van der Waals surface area contributed by atoms with Crippen LogP contribution in [0.1, 0.15) is 23.2 Å². The molecule has 1 aliphatic carbocycles. The predicted molar refractivity (Wildman–Crippen MR) is 97.3 cm³/mol. The number of carbonyl (C=O) groups excluding carboxylic acids is 1. The summed E-state index contributed by atoms with van der Waals surface area (Å²) in [7, 11) is 2.91. The van der Waals surface area contributed by atoms with Crippen molar-refractivity contribution < 1.29 is 23.9 Å². The molecule has 26 heavy (non-hydrogen) atoms. The van der Waals surface area contributed by atoms with E-state index in [4.69, 9.17) is 19.9 Å². The molecule has 1 aromatic rings. The number of carbonyl (C=O) groups is 1. The predicted octanol–water partition coefficient (Wildman–Crippen LogP) is 1.52. The highest BCUT2D eigenvalue weighted by Gasteiger charge is 2.30. The van der Waals surface area contributed by atoms with E-state index in [9.17, 15) is 14.9 Å². The van der Waals surface area contributed by atoms with Gasteiger partial charge < -0.3 is 25.3 Å². The van der Waals surface area contributed by atoms with Crippen LogP contribution in [0.4, 0.5) is 5.69 Å². The molecule has 0 saturated heterocycles. The zero-order chi connectivity index (χ0) is 18.4. The van der Waals surface area contributed by atoms with Gasteiger partial charge in [-0.15, -0.1) is 12.4 Å². The number of nitrogens with two attached hydrogens (primary N) is 1. The molecule has 0 heterocycles. The first-order chi connectivity index (χ1) is 12.0. The molecule has 3 N–H and O–H groups in total. The van der Waals surface area contributed by atoms with Gasteiger partial charge in [-0.3, -0.25) is 14.9 Å². The third-order valence-corrected chi connectivity index (χ3v) is 3.99. The van der Waals surface area contributed by atoms with Gasteiger partial charge >= 0.3 is 0 Å². The lowest BCUT2D eigenvalue weighted by Crippen LogP contribution is -2.38. The molecule has 1 fully saturated rings. The molecule has 1 aliphatic rings. The molecule has 9 nitrogen and oxygen atoms in total. The van der Waals surface area contributed by atoms with E-state index in [1.807, 2.05) is 0 Å². The highest BCUT2D eigenvalue weighted by Crippen LogP contribution is 2.35. The third kappa shape index (κ3) is 5.72. The lowest BCUT2D eigenvalue weighted by Gasteiger charge is -2.14. The first kappa shape index (κ1) is 21.9. The maximum absolute atomic E-state index is 12.4. The van der Waals surface area contributed by atoms with Crippen molar-refractivity contribution in [1.29, 1.82) is 0 Å². The van der Waals surface area contributed by atoms with E-state index in [2.05, 4.69) is 5.32 Å². The van der Waals surface area contributed by atoms with Gasteiger partial charge in [0.25, 0.3) is 11.6 Å². The van der Waals surface area contributed by atoms with E-state index < -0.39 is 10.8 Å². The van der Waals surface area contributed by atoms with Crippen molar-refractivity contribution >= 4 is 24.0 Å². The van der Waals surface area contributed by atoms with Crippen LogP contribution in [-0.2, 0) is 4.74 Å². The Kier molecular flexibility index (Phi) is 8.56. The zero-order valence-electron chi connectivity index (χ0n) is 14.7. The van der Waals surface area contributed by atoms with E-state index in [0.717, 1.165) is 12.8 Å². The van der Waals surface area contributed by atoms with Crippen LogP contribution < -0.4 is 20.5 Å². The Morgan fingerprint density at radius 2 is 2.04 bits per heavy atom. The van der Waals surface area contributed by atoms with Crippen LogP contribution >= 0.6 is 12.4 Å². The molecule has 0 aromatic heterocycles. The average molecular weight is 390 g/mol. The van der Waals surface area contributed by atoms with E-state index in [1.54, 1.807) is 0 Å². The molecule has 10 heteroatoms. The Bertz CT molecular complexity index is 639. The van der Waals surface area contributed by atoms with Gasteiger partial charge in [-0.2, -0.15) is 0 Å². The summed E-state index contributed by atoms with van der Waals surface area (Å²) in [6.45, 7) is 0.791. The number of nitrogens with zero attached hydrogens (tertiary/aromatic N) is 1. The molecule has 1 unspecified atom stereocenters. The fourth-order valence-electron chi connectivity index (χ4n) is 2.39. The molecule has 0 bridgehead atoms. The number of nitro benzene ring substituents is 1. The molecule has 1 amide bonds. The SMILES string of the molecule is COCCOc1cc([N+](=O)[O-])c(C(=O)NCC(N)C2CC2)cc1OC.Cl. The first-order valence-corrected chi connectivity index (χ1v) is 7.99. The molecule has 0 spiro atoms. The number of benzene rings is 1. The molecule has 1 atom stereocenters. The average Bonchev–Trinajstić information content (AvgIpc) is 3.44. The van der Waals surface area contributed by atoms with Crippen LogP contribution in [0.15, 0.2) is 12.1 Å². The van der Waals surface area contributed by atoms with Crippen molar-refractivity contribution in [3.05, 3.63) is 27.8 Å². The second-order valence-corrected chi connectivity index (χ2v) is 5.83. The summed E-state index contributed by atoms with van der Waals surface area (Å²) < 4.78 is 15.5. The Balaban J connectivity index is 0.00000338. The Morgan fingerprint density at radius 1 is 1.35 bits per heavy atom. The van der Waals surface area contributed by atoms with Gasteiger partial charge in [-0.1, -0.05) is 0 Å². The quantitative estimate of drug-likeness (QED) is 0.353. The molecule has 1 aromatic carbocycles. The summed E-state index contributed by atoms with van der Waals surface area (Å²) in [6.07, 6.45) is 2.11.